The molecule has 13 heavy (non-hydrogen) atoms. The third-order valence-electron chi connectivity index (χ3n) is 1.98. The van der Waals surface area contributed by atoms with Gasteiger partial charge in [-0.1, -0.05) is 12.7 Å². The molecule has 0 N–H and O–H groups in total. The molecule has 0 spiro atoms. The highest BCUT2D eigenvalue weighted by molar-refractivity contribution is 5.82. The highest BCUT2D eigenvalue weighted by Crippen LogP contribution is 2.27. The SMILES string of the molecule is C=CC(=O)OC1C=CC2=C1C=C=C2. The Balaban J connectivity index is 2.12. The number of hydrogen-bond acceptors (Lipinski definition) is 2. The lowest BCUT2D eigenvalue weighted by atomic mass is 10.1. The van der Waals surface area contributed by atoms with E-state index in [2.05, 4.69) is 12.3 Å². The summed E-state index contributed by atoms with van der Waals surface area (Å²) in [6, 6.07) is 0. The predicted molar refractivity (Wildman–Crippen MR) is 48.9 cm³/mol. The molecule has 1 atom stereocenters. The van der Waals surface area contributed by atoms with Crippen LogP contribution in [0.4, 0.5) is 0 Å². The third kappa shape index (κ3) is 1.28. The van der Waals surface area contributed by atoms with Gasteiger partial charge < -0.3 is 4.74 Å². The number of carbonyl (C=O) groups excluding carboxylic acids is 1. The largest absolute Gasteiger partial charge is 0.450 e. The van der Waals surface area contributed by atoms with Crippen LogP contribution in [0.1, 0.15) is 0 Å². The van der Waals surface area contributed by atoms with E-state index in [0.717, 1.165) is 11.1 Å². The first-order chi connectivity index (χ1) is 6.31. The maximum Gasteiger partial charge on any atom is 0.331 e. The van der Waals surface area contributed by atoms with Gasteiger partial charge in [-0.3, -0.25) is 0 Å². The summed E-state index contributed by atoms with van der Waals surface area (Å²) in [5, 5.41) is 0. The zero-order valence-electron chi connectivity index (χ0n) is 6.99. The standard InChI is InChI=1S/C11H8O2/c1-2-11(12)13-10-7-6-8-4-3-5-9(8)10/h2,4-7,10H,1H2. The van der Waals surface area contributed by atoms with Crippen LogP contribution in [-0.2, 0) is 9.53 Å². The minimum atomic E-state index is -0.399. The number of ether oxygens (including phenoxy) is 1. The van der Waals surface area contributed by atoms with Crippen LogP contribution in [0.15, 0.2) is 53.8 Å². The van der Waals surface area contributed by atoms with Crippen molar-refractivity contribution in [3.63, 3.8) is 0 Å². The summed E-state index contributed by atoms with van der Waals surface area (Å²) in [5.74, 6) is -0.399. The molecule has 2 rings (SSSR count). The molecule has 0 amide bonds. The molecule has 0 aromatic heterocycles. The predicted octanol–water partition coefficient (Wildman–Crippen LogP) is 1.68. The van der Waals surface area contributed by atoms with Crippen molar-refractivity contribution in [2.75, 3.05) is 0 Å². The maximum atomic E-state index is 10.9. The molecule has 0 saturated heterocycles. The van der Waals surface area contributed by atoms with Crippen LogP contribution in [0.5, 0.6) is 0 Å². The van der Waals surface area contributed by atoms with Crippen molar-refractivity contribution in [3.8, 4) is 0 Å². The molecule has 0 saturated carbocycles. The Morgan fingerprint density at radius 1 is 1.62 bits per heavy atom. The van der Waals surface area contributed by atoms with E-state index < -0.39 is 5.97 Å². The van der Waals surface area contributed by atoms with Crippen LogP contribution in [-0.4, -0.2) is 12.1 Å². The Hall–Kier alpha value is -1.79. The summed E-state index contributed by atoms with van der Waals surface area (Å²) < 4.78 is 5.08. The highest BCUT2D eigenvalue weighted by atomic mass is 16.5. The van der Waals surface area contributed by atoms with Crippen LogP contribution in [0.2, 0.25) is 0 Å². The second-order valence-electron chi connectivity index (χ2n) is 2.79. The Bertz CT molecular complexity index is 390. The zero-order valence-corrected chi connectivity index (χ0v) is 6.99. The van der Waals surface area contributed by atoms with Gasteiger partial charge in [0.05, 0.1) is 0 Å². The fourth-order valence-electron chi connectivity index (χ4n) is 1.35. The van der Waals surface area contributed by atoms with Crippen LogP contribution < -0.4 is 0 Å². The molecule has 0 bridgehead atoms. The average Bonchev–Trinajstić information content (AvgIpc) is 2.69. The molecule has 1 unspecified atom stereocenters. The zero-order chi connectivity index (χ0) is 9.26. The van der Waals surface area contributed by atoms with Crippen molar-refractivity contribution < 1.29 is 9.53 Å². The lowest BCUT2D eigenvalue weighted by Crippen LogP contribution is -2.13. The quantitative estimate of drug-likeness (QED) is 0.360. The van der Waals surface area contributed by atoms with Gasteiger partial charge in [0.25, 0.3) is 0 Å². The molecule has 0 radical (unpaired) electrons. The van der Waals surface area contributed by atoms with Crippen molar-refractivity contribution in [1.82, 2.24) is 0 Å². The van der Waals surface area contributed by atoms with Crippen LogP contribution in [0, 0.1) is 0 Å². The molecule has 0 fully saturated rings. The van der Waals surface area contributed by atoms with E-state index in [1.807, 2.05) is 24.3 Å². The van der Waals surface area contributed by atoms with Crippen molar-refractivity contribution >= 4 is 5.97 Å². The van der Waals surface area contributed by atoms with E-state index in [4.69, 9.17) is 4.74 Å². The van der Waals surface area contributed by atoms with Gasteiger partial charge in [-0.15, -0.1) is 5.73 Å². The molecule has 0 aromatic rings. The third-order valence-corrected chi connectivity index (χ3v) is 1.98. The van der Waals surface area contributed by atoms with Crippen LogP contribution in [0.3, 0.4) is 0 Å². The molecule has 0 aliphatic heterocycles. The summed E-state index contributed by atoms with van der Waals surface area (Å²) >= 11 is 0. The molecule has 0 aromatic carbocycles. The Kier molecular flexibility index (Phi) is 1.76. The Morgan fingerprint density at radius 3 is 3.23 bits per heavy atom. The van der Waals surface area contributed by atoms with E-state index in [-0.39, 0.29) is 6.10 Å². The number of carbonyl (C=O) groups is 1. The summed E-state index contributed by atoms with van der Waals surface area (Å²) in [4.78, 5) is 10.9. The number of hydrogen-bond donors (Lipinski definition) is 0. The van der Waals surface area contributed by atoms with Crippen molar-refractivity contribution in [1.29, 1.82) is 0 Å². The lowest BCUT2D eigenvalue weighted by Gasteiger charge is -2.09. The van der Waals surface area contributed by atoms with E-state index in [1.54, 1.807) is 0 Å². The van der Waals surface area contributed by atoms with Gasteiger partial charge in [-0.05, 0) is 23.8 Å². The molecule has 64 valence electrons. The van der Waals surface area contributed by atoms with Gasteiger partial charge in [0.1, 0.15) is 6.10 Å². The number of rotatable bonds is 2. The van der Waals surface area contributed by atoms with Crippen LogP contribution >= 0.6 is 0 Å². The molecule has 2 nitrogen and oxygen atoms in total. The first-order valence-corrected chi connectivity index (χ1v) is 3.99. The van der Waals surface area contributed by atoms with E-state index in [1.165, 1.54) is 6.08 Å². The smallest absolute Gasteiger partial charge is 0.331 e. The molecule has 0 heterocycles. The van der Waals surface area contributed by atoms with E-state index >= 15 is 0 Å². The average molecular weight is 172 g/mol. The monoisotopic (exact) mass is 172 g/mol. The fraction of sp³-hybridized carbons (Fsp3) is 0.0909. The summed E-state index contributed by atoms with van der Waals surface area (Å²) in [6.07, 6.45) is 8.38. The first-order valence-electron chi connectivity index (χ1n) is 3.99. The Labute approximate surface area is 76.2 Å². The lowest BCUT2D eigenvalue weighted by molar-refractivity contribution is -0.139. The highest BCUT2D eigenvalue weighted by Gasteiger charge is 2.21. The second kappa shape index (κ2) is 2.92. The second-order valence-corrected chi connectivity index (χ2v) is 2.79. The van der Waals surface area contributed by atoms with Gasteiger partial charge in [0.2, 0.25) is 0 Å². The molecule has 2 aliphatic rings. The van der Waals surface area contributed by atoms with Crippen molar-refractivity contribution in [2.24, 2.45) is 0 Å². The number of allylic oxidation sites excluding steroid dienone is 2. The number of esters is 1. The minimum absolute atomic E-state index is 0.258. The van der Waals surface area contributed by atoms with Gasteiger partial charge in [-0.2, -0.15) is 0 Å². The van der Waals surface area contributed by atoms with Crippen molar-refractivity contribution in [2.45, 2.75) is 6.10 Å². The fourth-order valence-corrected chi connectivity index (χ4v) is 1.35. The molecular weight excluding hydrogens is 164 g/mol. The summed E-state index contributed by atoms with van der Waals surface area (Å²) in [7, 11) is 0. The topological polar surface area (TPSA) is 26.3 Å². The molecular formula is C11H8O2. The minimum Gasteiger partial charge on any atom is -0.450 e. The molecule has 2 heteroatoms. The van der Waals surface area contributed by atoms with Gasteiger partial charge >= 0.3 is 5.97 Å². The molecule has 2 aliphatic carbocycles. The van der Waals surface area contributed by atoms with Gasteiger partial charge in [0, 0.05) is 11.6 Å². The summed E-state index contributed by atoms with van der Waals surface area (Å²) in [5.41, 5.74) is 5.02. The van der Waals surface area contributed by atoms with Gasteiger partial charge in [-0.25, -0.2) is 4.79 Å². The first kappa shape index (κ1) is 7.84. The summed E-state index contributed by atoms with van der Waals surface area (Å²) in [6.45, 7) is 3.34. The maximum absolute atomic E-state index is 10.9. The van der Waals surface area contributed by atoms with E-state index in [0.29, 0.717) is 0 Å². The van der Waals surface area contributed by atoms with Crippen molar-refractivity contribution in [3.05, 3.63) is 53.8 Å². The Morgan fingerprint density at radius 2 is 2.46 bits per heavy atom. The van der Waals surface area contributed by atoms with Gasteiger partial charge in [0.15, 0.2) is 0 Å². The van der Waals surface area contributed by atoms with E-state index in [9.17, 15) is 4.79 Å². The normalized spacial score (nSPS) is 22.3. The van der Waals surface area contributed by atoms with Crippen LogP contribution in [0.25, 0.3) is 0 Å².